The monoisotopic (exact) mass is 255 g/mol. The molecule has 1 aliphatic heterocycles. The van der Waals surface area contributed by atoms with Crippen LogP contribution in [0.5, 0.6) is 0 Å². The summed E-state index contributed by atoms with van der Waals surface area (Å²) in [6, 6.07) is 0.818. The van der Waals surface area contributed by atoms with Crippen molar-refractivity contribution in [1.82, 2.24) is 15.1 Å². The first kappa shape index (κ1) is 15.9. The van der Waals surface area contributed by atoms with Crippen LogP contribution in [0.15, 0.2) is 0 Å². The molecule has 0 radical (unpaired) electrons. The topological polar surface area (TPSA) is 18.5 Å². The zero-order valence-electron chi connectivity index (χ0n) is 12.7. The van der Waals surface area contributed by atoms with Gasteiger partial charge in [0, 0.05) is 12.6 Å². The van der Waals surface area contributed by atoms with Crippen LogP contribution in [0.2, 0.25) is 0 Å². The number of likely N-dealkylation sites (N-methyl/N-ethyl adjacent to an activating group) is 1. The summed E-state index contributed by atoms with van der Waals surface area (Å²) < 4.78 is 0. The fourth-order valence-electron chi connectivity index (χ4n) is 2.94. The van der Waals surface area contributed by atoms with Crippen molar-refractivity contribution >= 4 is 0 Å². The van der Waals surface area contributed by atoms with Crippen LogP contribution in [0.3, 0.4) is 0 Å². The maximum Gasteiger partial charge on any atom is 0.0235 e. The van der Waals surface area contributed by atoms with Crippen LogP contribution in [0.25, 0.3) is 0 Å². The Morgan fingerprint density at radius 3 is 2.56 bits per heavy atom. The molecule has 0 aromatic heterocycles. The highest BCUT2D eigenvalue weighted by atomic mass is 15.2. The first-order valence-corrected chi connectivity index (χ1v) is 7.98. The van der Waals surface area contributed by atoms with Gasteiger partial charge in [0.25, 0.3) is 0 Å². The SMILES string of the molecule is CCCNCCCCN1CCC(N(CC)CC)C1. The third-order valence-electron chi connectivity index (χ3n) is 4.08. The molecule has 1 aliphatic rings. The Hall–Kier alpha value is -0.120. The van der Waals surface area contributed by atoms with Crippen LogP contribution in [0.1, 0.15) is 46.5 Å². The molecular formula is C15H33N3. The molecule has 0 aromatic carbocycles. The summed E-state index contributed by atoms with van der Waals surface area (Å²) in [5, 5.41) is 3.48. The van der Waals surface area contributed by atoms with Gasteiger partial charge in [-0.05, 0) is 65.0 Å². The predicted octanol–water partition coefficient (Wildman–Crippen LogP) is 2.18. The van der Waals surface area contributed by atoms with E-state index >= 15 is 0 Å². The van der Waals surface area contributed by atoms with Crippen LogP contribution >= 0.6 is 0 Å². The van der Waals surface area contributed by atoms with Gasteiger partial charge in [0.1, 0.15) is 0 Å². The summed E-state index contributed by atoms with van der Waals surface area (Å²) in [6.45, 7) is 15.5. The smallest absolute Gasteiger partial charge is 0.0235 e. The van der Waals surface area contributed by atoms with Crippen LogP contribution in [-0.4, -0.2) is 61.7 Å². The van der Waals surface area contributed by atoms with Gasteiger partial charge in [-0.3, -0.25) is 4.90 Å². The lowest BCUT2D eigenvalue weighted by Gasteiger charge is -2.26. The van der Waals surface area contributed by atoms with Crippen molar-refractivity contribution in [2.24, 2.45) is 0 Å². The van der Waals surface area contributed by atoms with E-state index in [0.29, 0.717) is 0 Å². The number of rotatable bonds is 10. The van der Waals surface area contributed by atoms with Gasteiger partial charge in [0.15, 0.2) is 0 Å². The van der Waals surface area contributed by atoms with Crippen LogP contribution in [-0.2, 0) is 0 Å². The Balaban J connectivity index is 2.04. The molecule has 1 atom stereocenters. The molecule has 3 heteroatoms. The Labute approximate surface area is 114 Å². The summed E-state index contributed by atoms with van der Waals surface area (Å²) in [7, 11) is 0. The highest BCUT2D eigenvalue weighted by molar-refractivity contribution is 4.82. The molecular weight excluding hydrogens is 222 g/mol. The van der Waals surface area contributed by atoms with E-state index in [2.05, 4.69) is 35.9 Å². The first-order chi connectivity index (χ1) is 8.81. The molecule has 18 heavy (non-hydrogen) atoms. The Bertz CT molecular complexity index is 192. The van der Waals surface area contributed by atoms with Gasteiger partial charge in [-0.15, -0.1) is 0 Å². The van der Waals surface area contributed by atoms with Crippen molar-refractivity contribution in [3.05, 3.63) is 0 Å². The zero-order valence-corrected chi connectivity index (χ0v) is 12.7. The fourth-order valence-corrected chi connectivity index (χ4v) is 2.94. The van der Waals surface area contributed by atoms with Gasteiger partial charge in [-0.2, -0.15) is 0 Å². The molecule has 0 amide bonds. The van der Waals surface area contributed by atoms with Crippen LogP contribution in [0, 0.1) is 0 Å². The second-order valence-electron chi connectivity index (χ2n) is 5.42. The van der Waals surface area contributed by atoms with Crippen molar-refractivity contribution < 1.29 is 0 Å². The first-order valence-electron chi connectivity index (χ1n) is 7.98. The maximum absolute atomic E-state index is 3.48. The minimum atomic E-state index is 0.818. The van der Waals surface area contributed by atoms with Crippen molar-refractivity contribution in [1.29, 1.82) is 0 Å². The highest BCUT2D eigenvalue weighted by Crippen LogP contribution is 2.15. The molecule has 0 bridgehead atoms. The summed E-state index contributed by atoms with van der Waals surface area (Å²) in [6.07, 6.45) is 5.29. The van der Waals surface area contributed by atoms with Gasteiger partial charge in [0.2, 0.25) is 0 Å². The third kappa shape index (κ3) is 5.68. The lowest BCUT2D eigenvalue weighted by atomic mass is 10.2. The standard InChI is InChI=1S/C15H33N3/c1-4-10-16-11-7-8-12-17-13-9-15(14-17)18(5-2)6-3/h15-16H,4-14H2,1-3H3. The molecule has 1 rings (SSSR count). The fraction of sp³-hybridized carbons (Fsp3) is 1.00. The quantitative estimate of drug-likeness (QED) is 0.604. The minimum absolute atomic E-state index is 0.818. The molecule has 0 spiro atoms. The molecule has 108 valence electrons. The van der Waals surface area contributed by atoms with E-state index in [1.54, 1.807) is 0 Å². The highest BCUT2D eigenvalue weighted by Gasteiger charge is 2.25. The molecule has 0 aliphatic carbocycles. The average Bonchev–Trinajstić information content (AvgIpc) is 2.84. The molecule has 0 saturated carbocycles. The lowest BCUT2D eigenvalue weighted by molar-refractivity contribution is 0.210. The van der Waals surface area contributed by atoms with Crippen molar-refractivity contribution in [2.75, 3.05) is 45.8 Å². The molecule has 1 N–H and O–H groups in total. The van der Waals surface area contributed by atoms with Crippen LogP contribution < -0.4 is 5.32 Å². The van der Waals surface area contributed by atoms with Crippen LogP contribution in [0.4, 0.5) is 0 Å². The van der Waals surface area contributed by atoms with Crippen molar-refractivity contribution in [3.63, 3.8) is 0 Å². The van der Waals surface area contributed by atoms with E-state index in [4.69, 9.17) is 0 Å². The van der Waals surface area contributed by atoms with E-state index in [1.165, 1.54) is 71.5 Å². The van der Waals surface area contributed by atoms with E-state index in [-0.39, 0.29) is 0 Å². The molecule has 1 saturated heterocycles. The second kappa shape index (κ2) is 9.76. The zero-order chi connectivity index (χ0) is 13.2. The minimum Gasteiger partial charge on any atom is -0.317 e. The van der Waals surface area contributed by atoms with Gasteiger partial charge < -0.3 is 10.2 Å². The Morgan fingerprint density at radius 2 is 1.89 bits per heavy atom. The molecule has 0 aromatic rings. The second-order valence-corrected chi connectivity index (χ2v) is 5.42. The van der Waals surface area contributed by atoms with Gasteiger partial charge >= 0.3 is 0 Å². The summed E-state index contributed by atoms with van der Waals surface area (Å²) in [5.41, 5.74) is 0. The lowest BCUT2D eigenvalue weighted by Crippen LogP contribution is -2.37. The van der Waals surface area contributed by atoms with E-state index < -0.39 is 0 Å². The number of likely N-dealkylation sites (tertiary alicyclic amines) is 1. The summed E-state index contributed by atoms with van der Waals surface area (Å²) in [4.78, 5) is 5.27. The van der Waals surface area contributed by atoms with Crippen molar-refractivity contribution in [2.45, 2.75) is 52.5 Å². The van der Waals surface area contributed by atoms with Gasteiger partial charge in [0.05, 0.1) is 0 Å². The van der Waals surface area contributed by atoms with E-state index in [0.717, 1.165) is 6.04 Å². The third-order valence-corrected chi connectivity index (χ3v) is 4.08. The van der Waals surface area contributed by atoms with E-state index in [9.17, 15) is 0 Å². The predicted molar refractivity (Wildman–Crippen MR) is 80.2 cm³/mol. The molecule has 1 fully saturated rings. The Morgan fingerprint density at radius 1 is 1.11 bits per heavy atom. The molecule has 3 nitrogen and oxygen atoms in total. The van der Waals surface area contributed by atoms with Crippen molar-refractivity contribution in [3.8, 4) is 0 Å². The number of hydrogen-bond donors (Lipinski definition) is 1. The summed E-state index contributed by atoms with van der Waals surface area (Å²) in [5.74, 6) is 0. The molecule has 1 heterocycles. The maximum atomic E-state index is 3.48. The average molecular weight is 255 g/mol. The van der Waals surface area contributed by atoms with Gasteiger partial charge in [-0.25, -0.2) is 0 Å². The number of nitrogens with zero attached hydrogens (tertiary/aromatic N) is 2. The summed E-state index contributed by atoms with van der Waals surface area (Å²) >= 11 is 0. The molecule has 1 unspecified atom stereocenters. The number of nitrogens with one attached hydrogen (secondary N) is 1. The Kier molecular flexibility index (Phi) is 8.64. The van der Waals surface area contributed by atoms with E-state index in [1.807, 2.05) is 0 Å². The van der Waals surface area contributed by atoms with Gasteiger partial charge in [-0.1, -0.05) is 20.8 Å². The largest absolute Gasteiger partial charge is 0.317 e. The number of hydrogen-bond acceptors (Lipinski definition) is 3. The number of unbranched alkanes of at least 4 members (excludes halogenated alkanes) is 1. The normalized spacial score (nSPS) is 21.0.